The van der Waals surface area contributed by atoms with E-state index < -0.39 is 0 Å². The number of methoxy groups -OCH3 is 1. The topological polar surface area (TPSA) is 45.9 Å². The van der Waals surface area contributed by atoms with Crippen LogP contribution in [0, 0.1) is 0 Å². The quantitative estimate of drug-likeness (QED) is 0.846. The lowest BCUT2D eigenvalue weighted by atomic mass is 10.0. The molecule has 1 aliphatic heterocycles. The molecule has 1 aromatic heterocycles. The lowest BCUT2D eigenvalue weighted by molar-refractivity contribution is 0.0729. The molecular formula is C21H26N2O3. The van der Waals surface area contributed by atoms with Crippen LogP contribution in [-0.2, 0) is 19.4 Å². The van der Waals surface area contributed by atoms with Crippen molar-refractivity contribution in [2.24, 2.45) is 0 Å². The minimum atomic E-state index is -0.00744. The maximum absolute atomic E-state index is 12.5. The van der Waals surface area contributed by atoms with Crippen LogP contribution >= 0.6 is 0 Å². The number of carbonyl (C=O) groups excluding carboxylic acids is 1. The molecule has 0 unspecified atom stereocenters. The predicted octanol–water partition coefficient (Wildman–Crippen LogP) is 3.13. The van der Waals surface area contributed by atoms with Gasteiger partial charge in [-0.3, -0.25) is 9.69 Å². The van der Waals surface area contributed by atoms with E-state index in [1.165, 1.54) is 36.0 Å². The van der Waals surface area contributed by atoms with Crippen LogP contribution in [0.3, 0.4) is 0 Å². The molecular weight excluding hydrogens is 328 g/mol. The molecule has 2 aliphatic rings. The van der Waals surface area contributed by atoms with E-state index >= 15 is 0 Å². The predicted molar refractivity (Wildman–Crippen MR) is 99.5 cm³/mol. The number of furan rings is 1. The van der Waals surface area contributed by atoms with Crippen molar-refractivity contribution < 1.29 is 13.9 Å². The van der Waals surface area contributed by atoms with Crippen molar-refractivity contribution in [2.45, 2.75) is 32.2 Å². The Labute approximate surface area is 154 Å². The van der Waals surface area contributed by atoms with Gasteiger partial charge in [0.05, 0.1) is 13.4 Å². The summed E-state index contributed by atoms with van der Waals surface area (Å²) in [6, 6.07) is 8.05. The molecule has 1 fully saturated rings. The maximum atomic E-state index is 12.5. The highest BCUT2D eigenvalue weighted by atomic mass is 16.5. The molecule has 0 radical (unpaired) electrons. The van der Waals surface area contributed by atoms with Gasteiger partial charge in [0, 0.05) is 38.3 Å². The standard InChI is InChI=1S/C21H26N2O3/c1-25-20-14-17-6-2-5-16(17)13-18(20)15-22-8-4-9-23(11-10-22)21(24)19-7-3-12-26-19/h3,7,12-14H,2,4-6,8-11,15H2,1H3. The van der Waals surface area contributed by atoms with E-state index in [1.807, 2.05) is 4.90 Å². The van der Waals surface area contributed by atoms with Gasteiger partial charge in [-0.25, -0.2) is 0 Å². The van der Waals surface area contributed by atoms with Crippen LogP contribution in [-0.4, -0.2) is 49.0 Å². The molecule has 26 heavy (non-hydrogen) atoms. The Balaban J connectivity index is 1.43. The zero-order chi connectivity index (χ0) is 17.9. The summed E-state index contributed by atoms with van der Waals surface area (Å²) >= 11 is 0. The lowest BCUT2D eigenvalue weighted by Gasteiger charge is -2.23. The highest BCUT2D eigenvalue weighted by Crippen LogP contribution is 2.30. The Bertz CT molecular complexity index is 770. The van der Waals surface area contributed by atoms with Gasteiger partial charge < -0.3 is 14.1 Å². The molecule has 5 nitrogen and oxygen atoms in total. The summed E-state index contributed by atoms with van der Waals surface area (Å²) < 4.78 is 10.9. The first-order valence-electron chi connectivity index (χ1n) is 9.48. The van der Waals surface area contributed by atoms with Crippen molar-refractivity contribution in [1.82, 2.24) is 9.80 Å². The van der Waals surface area contributed by atoms with Crippen molar-refractivity contribution in [3.05, 3.63) is 53.0 Å². The van der Waals surface area contributed by atoms with E-state index in [0.717, 1.165) is 44.9 Å². The summed E-state index contributed by atoms with van der Waals surface area (Å²) in [4.78, 5) is 16.8. The van der Waals surface area contributed by atoms with Crippen LogP contribution in [0.5, 0.6) is 5.75 Å². The smallest absolute Gasteiger partial charge is 0.289 e. The summed E-state index contributed by atoms with van der Waals surface area (Å²) in [5.74, 6) is 1.42. The van der Waals surface area contributed by atoms with Gasteiger partial charge in [-0.05, 0) is 55.0 Å². The number of fused-ring (bicyclic) bond motifs is 1. The monoisotopic (exact) mass is 354 g/mol. The van der Waals surface area contributed by atoms with Crippen LogP contribution in [0.2, 0.25) is 0 Å². The highest BCUT2D eigenvalue weighted by Gasteiger charge is 2.23. The number of carbonyl (C=O) groups is 1. The molecule has 1 saturated heterocycles. The maximum Gasteiger partial charge on any atom is 0.289 e. The minimum Gasteiger partial charge on any atom is -0.496 e. The average Bonchev–Trinajstić information content (AvgIpc) is 3.29. The number of amides is 1. The Hall–Kier alpha value is -2.27. The first kappa shape index (κ1) is 17.2. The van der Waals surface area contributed by atoms with E-state index in [2.05, 4.69) is 17.0 Å². The third-order valence-corrected chi connectivity index (χ3v) is 5.50. The Morgan fingerprint density at radius 1 is 1.12 bits per heavy atom. The first-order valence-corrected chi connectivity index (χ1v) is 9.48. The molecule has 0 bridgehead atoms. The van der Waals surface area contributed by atoms with E-state index in [4.69, 9.17) is 9.15 Å². The van der Waals surface area contributed by atoms with E-state index in [9.17, 15) is 4.79 Å². The third-order valence-electron chi connectivity index (χ3n) is 5.50. The van der Waals surface area contributed by atoms with Gasteiger partial charge in [0.1, 0.15) is 5.75 Å². The molecule has 1 aliphatic carbocycles. The van der Waals surface area contributed by atoms with Crippen molar-refractivity contribution in [2.75, 3.05) is 33.3 Å². The summed E-state index contributed by atoms with van der Waals surface area (Å²) in [5.41, 5.74) is 4.18. The second kappa shape index (κ2) is 7.54. The van der Waals surface area contributed by atoms with Gasteiger partial charge in [0.2, 0.25) is 0 Å². The molecule has 2 heterocycles. The van der Waals surface area contributed by atoms with Crippen LogP contribution < -0.4 is 4.74 Å². The normalized spacial score (nSPS) is 17.8. The molecule has 1 amide bonds. The number of benzene rings is 1. The van der Waals surface area contributed by atoms with Crippen LogP contribution in [0.25, 0.3) is 0 Å². The molecule has 0 atom stereocenters. The second-order valence-corrected chi connectivity index (χ2v) is 7.19. The third kappa shape index (κ3) is 3.49. The van der Waals surface area contributed by atoms with E-state index in [-0.39, 0.29) is 5.91 Å². The molecule has 0 N–H and O–H groups in total. The number of ether oxygens (including phenoxy) is 1. The first-order chi connectivity index (χ1) is 12.7. The Morgan fingerprint density at radius 2 is 1.96 bits per heavy atom. The van der Waals surface area contributed by atoms with E-state index in [0.29, 0.717) is 5.76 Å². The number of nitrogens with zero attached hydrogens (tertiary/aromatic N) is 2. The summed E-state index contributed by atoms with van der Waals surface area (Å²) in [5, 5.41) is 0. The highest BCUT2D eigenvalue weighted by molar-refractivity contribution is 5.91. The number of hydrogen-bond donors (Lipinski definition) is 0. The summed E-state index contributed by atoms with van der Waals surface area (Å²) in [6.45, 7) is 4.23. The SMILES string of the molecule is COc1cc2c(cc1CN1CCCN(C(=O)c3ccco3)CC1)CCC2. The Kier molecular flexibility index (Phi) is 4.98. The molecule has 0 saturated carbocycles. The van der Waals surface area contributed by atoms with Crippen molar-refractivity contribution in [1.29, 1.82) is 0 Å². The average molecular weight is 354 g/mol. The van der Waals surface area contributed by atoms with E-state index in [1.54, 1.807) is 25.5 Å². The number of aryl methyl sites for hydroxylation is 2. The molecule has 2 aromatic rings. The van der Waals surface area contributed by atoms with Crippen molar-refractivity contribution in [3.8, 4) is 5.75 Å². The fourth-order valence-electron chi connectivity index (χ4n) is 4.10. The number of rotatable bonds is 4. The molecule has 1 aromatic carbocycles. The fourth-order valence-corrected chi connectivity index (χ4v) is 4.10. The second-order valence-electron chi connectivity index (χ2n) is 7.19. The van der Waals surface area contributed by atoms with Gasteiger partial charge in [-0.1, -0.05) is 6.07 Å². The zero-order valence-electron chi connectivity index (χ0n) is 15.4. The summed E-state index contributed by atoms with van der Waals surface area (Å²) in [7, 11) is 1.76. The van der Waals surface area contributed by atoms with Gasteiger partial charge in [-0.15, -0.1) is 0 Å². The number of hydrogen-bond acceptors (Lipinski definition) is 4. The van der Waals surface area contributed by atoms with Crippen LogP contribution in [0.4, 0.5) is 0 Å². The van der Waals surface area contributed by atoms with Gasteiger partial charge >= 0.3 is 0 Å². The fraction of sp³-hybridized carbons (Fsp3) is 0.476. The summed E-state index contributed by atoms with van der Waals surface area (Å²) in [6.07, 6.45) is 6.12. The Morgan fingerprint density at radius 3 is 2.73 bits per heavy atom. The zero-order valence-corrected chi connectivity index (χ0v) is 15.4. The van der Waals surface area contributed by atoms with Gasteiger partial charge in [0.25, 0.3) is 5.91 Å². The van der Waals surface area contributed by atoms with Crippen molar-refractivity contribution >= 4 is 5.91 Å². The molecule has 5 heteroatoms. The van der Waals surface area contributed by atoms with Crippen molar-refractivity contribution in [3.63, 3.8) is 0 Å². The lowest BCUT2D eigenvalue weighted by Crippen LogP contribution is -2.34. The molecule has 138 valence electrons. The van der Waals surface area contributed by atoms with Gasteiger partial charge in [-0.2, -0.15) is 0 Å². The molecule has 0 spiro atoms. The largest absolute Gasteiger partial charge is 0.496 e. The van der Waals surface area contributed by atoms with Gasteiger partial charge in [0.15, 0.2) is 5.76 Å². The minimum absolute atomic E-state index is 0.00744. The van der Waals surface area contributed by atoms with Crippen LogP contribution in [0.15, 0.2) is 34.9 Å². The molecule has 4 rings (SSSR count). The van der Waals surface area contributed by atoms with Crippen LogP contribution in [0.1, 0.15) is 40.1 Å².